The van der Waals surface area contributed by atoms with Gasteiger partial charge < -0.3 is 9.64 Å². The van der Waals surface area contributed by atoms with Gasteiger partial charge in [0, 0.05) is 19.7 Å². The summed E-state index contributed by atoms with van der Waals surface area (Å²) in [5.41, 5.74) is 0.888. The van der Waals surface area contributed by atoms with E-state index >= 15 is 0 Å². The van der Waals surface area contributed by atoms with Gasteiger partial charge in [-0.05, 0) is 57.8 Å². The van der Waals surface area contributed by atoms with Gasteiger partial charge in [-0.1, -0.05) is 12.1 Å². The molecule has 0 saturated carbocycles. The lowest BCUT2D eigenvalue weighted by Crippen LogP contribution is -2.38. The van der Waals surface area contributed by atoms with Gasteiger partial charge in [-0.2, -0.15) is 0 Å². The van der Waals surface area contributed by atoms with Crippen molar-refractivity contribution >= 4 is 10.9 Å². The Kier molecular flexibility index (Phi) is 5.63. The molecule has 1 aromatic carbocycles. The second kappa shape index (κ2) is 7.90. The maximum Gasteiger partial charge on any atom is 0.261 e. The first-order valence-corrected chi connectivity index (χ1v) is 8.95. The summed E-state index contributed by atoms with van der Waals surface area (Å²) in [5, 5.41) is 0.720. The second-order valence-electron chi connectivity index (χ2n) is 6.57. The number of aromatic nitrogens is 2. The third kappa shape index (κ3) is 3.84. The first-order chi connectivity index (χ1) is 11.7. The quantitative estimate of drug-likeness (QED) is 0.764. The molecule has 0 atom stereocenters. The van der Waals surface area contributed by atoms with E-state index in [0.29, 0.717) is 5.92 Å². The first kappa shape index (κ1) is 17.1. The SMILES string of the molecule is CCOCCN1CCC(Cn2c(C)nc3ccccc3c2=O)CC1. The molecule has 1 saturated heterocycles. The van der Waals surface area contributed by atoms with E-state index in [1.165, 1.54) is 0 Å². The van der Waals surface area contributed by atoms with Crippen molar-refractivity contribution in [2.45, 2.75) is 33.2 Å². The lowest BCUT2D eigenvalue weighted by Gasteiger charge is -2.32. The molecule has 1 aliphatic heterocycles. The Balaban J connectivity index is 1.65. The smallest absolute Gasteiger partial charge is 0.261 e. The highest BCUT2D eigenvalue weighted by Gasteiger charge is 2.20. The Hall–Kier alpha value is -1.72. The Morgan fingerprint density at radius 3 is 2.75 bits per heavy atom. The Labute approximate surface area is 143 Å². The van der Waals surface area contributed by atoms with Gasteiger partial charge in [-0.3, -0.25) is 9.36 Å². The van der Waals surface area contributed by atoms with Crippen LogP contribution in [0.25, 0.3) is 10.9 Å². The lowest BCUT2D eigenvalue weighted by molar-refractivity contribution is 0.0933. The molecule has 5 heteroatoms. The number of nitrogens with zero attached hydrogens (tertiary/aromatic N) is 3. The molecule has 5 nitrogen and oxygen atoms in total. The molecule has 0 N–H and O–H groups in total. The standard InChI is InChI=1S/C19H27N3O2/c1-3-24-13-12-21-10-8-16(9-11-21)14-22-15(2)20-18-7-5-4-6-17(18)19(22)23/h4-7,16H,3,8-14H2,1-2H3. The van der Waals surface area contributed by atoms with E-state index < -0.39 is 0 Å². The summed E-state index contributed by atoms with van der Waals surface area (Å²) >= 11 is 0. The van der Waals surface area contributed by atoms with E-state index in [0.717, 1.165) is 69.0 Å². The monoisotopic (exact) mass is 329 g/mol. The van der Waals surface area contributed by atoms with Crippen molar-refractivity contribution in [3.05, 3.63) is 40.4 Å². The molecule has 0 aliphatic carbocycles. The molecule has 2 aromatic rings. The third-order valence-corrected chi connectivity index (χ3v) is 4.96. The van der Waals surface area contributed by atoms with Crippen LogP contribution in [0.1, 0.15) is 25.6 Å². The van der Waals surface area contributed by atoms with Gasteiger partial charge in [0.2, 0.25) is 0 Å². The zero-order valence-electron chi connectivity index (χ0n) is 14.7. The Morgan fingerprint density at radius 2 is 2.00 bits per heavy atom. The molecule has 3 rings (SSSR count). The predicted molar refractivity (Wildman–Crippen MR) is 96.4 cm³/mol. The Morgan fingerprint density at radius 1 is 1.25 bits per heavy atom. The molecule has 1 aliphatic rings. The first-order valence-electron chi connectivity index (χ1n) is 8.95. The summed E-state index contributed by atoms with van der Waals surface area (Å²) in [4.78, 5) is 19.8. The fraction of sp³-hybridized carbons (Fsp3) is 0.579. The van der Waals surface area contributed by atoms with Crippen LogP contribution in [0, 0.1) is 12.8 Å². The fourth-order valence-electron chi connectivity index (χ4n) is 3.48. The molecule has 24 heavy (non-hydrogen) atoms. The predicted octanol–water partition coefficient (Wildman–Crippen LogP) is 2.45. The van der Waals surface area contributed by atoms with E-state index in [1.807, 2.05) is 42.7 Å². The molecule has 0 unspecified atom stereocenters. The fourth-order valence-corrected chi connectivity index (χ4v) is 3.48. The van der Waals surface area contributed by atoms with Crippen LogP contribution < -0.4 is 5.56 Å². The molecule has 0 amide bonds. The summed E-state index contributed by atoms with van der Waals surface area (Å²) < 4.78 is 7.30. The van der Waals surface area contributed by atoms with E-state index in [-0.39, 0.29) is 5.56 Å². The van der Waals surface area contributed by atoms with Gasteiger partial charge in [0.05, 0.1) is 17.5 Å². The zero-order valence-corrected chi connectivity index (χ0v) is 14.7. The van der Waals surface area contributed by atoms with Crippen LogP contribution in [0.15, 0.2) is 29.1 Å². The van der Waals surface area contributed by atoms with E-state index in [9.17, 15) is 4.79 Å². The number of likely N-dealkylation sites (tertiary alicyclic amines) is 1. The van der Waals surface area contributed by atoms with E-state index in [1.54, 1.807) is 0 Å². The number of fused-ring (bicyclic) bond motifs is 1. The molecule has 0 radical (unpaired) electrons. The van der Waals surface area contributed by atoms with Gasteiger partial charge in [0.15, 0.2) is 0 Å². The highest BCUT2D eigenvalue weighted by molar-refractivity contribution is 5.77. The molecule has 1 fully saturated rings. The van der Waals surface area contributed by atoms with E-state index in [4.69, 9.17) is 4.74 Å². The van der Waals surface area contributed by atoms with Crippen LogP contribution in [0.5, 0.6) is 0 Å². The summed E-state index contributed by atoms with van der Waals surface area (Å²) in [6.07, 6.45) is 2.26. The average molecular weight is 329 g/mol. The maximum atomic E-state index is 12.8. The number of para-hydroxylation sites is 1. The average Bonchev–Trinajstić information content (AvgIpc) is 2.60. The minimum atomic E-state index is 0.0943. The molecule has 0 spiro atoms. The van der Waals surface area contributed by atoms with Gasteiger partial charge in [-0.15, -0.1) is 0 Å². The maximum absolute atomic E-state index is 12.8. The van der Waals surface area contributed by atoms with Crippen molar-refractivity contribution in [2.75, 3.05) is 32.8 Å². The summed E-state index contributed by atoms with van der Waals surface area (Å²) in [5.74, 6) is 1.37. The Bertz CT molecular complexity index is 733. The van der Waals surface area contributed by atoms with Crippen molar-refractivity contribution in [3.8, 4) is 0 Å². The summed E-state index contributed by atoms with van der Waals surface area (Å²) in [7, 11) is 0. The molecular weight excluding hydrogens is 302 g/mol. The molecule has 1 aromatic heterocycles. The van der Waals surface area contributed by atoms with Crippen molar-refractivity contribution in [1.82, 2.24) is 14.5 Å². The minimum Gasteiger partial charge on any atom is -0.380 e. The van der Waals surface area contributed by atoms with Crippen LogP contribution in [-0.4, -0.2) is 47.3 Å². The highest BCUT2D eigenvalue weighted by atomic mass is 16.5. The normalized spacial score (nSPS) is 16.8. The van der Waals surface area contributed by atoms with Crippen molar-refractivity contribution < 1.29 is 4.74 Å². The largest absolute Gasteiger partial charge is 0.380 e. The number of hydrogen-bond acceptors (Lipinski definition) is 4. The number of piperidine rings is 1. The third-order valence-electron chi connectivity index (χ3n) is 4.96. The minimum absolute atomic E-state index is 0.0943. The second-order valence-corrected chi connectivity index (χ2v) is 6.57. The molecule has 130 valence electrons. The van der Waals surface area contributed by atoms with Crippen LogP contribution in [0.3, 0.4) is 0 Å². The number of rotatable bonds is 6. The van der Waals surface area contributed by atoms with Crippen LogP contribution in [-0.2, 0) is 11.3 Å². The summed E-state index contributed by atoms with van der Waals surface area (Å²) in [6, 6.07) is 7.61. The summed E-state index contributed by atoms with van der Waals surface area (Å²) in [6.45, 7) is 9.54. The van der Waals surface area contributed by atoms with Gasteiger partial charge in [0.25, 0.3) is 5.56 Å². The van der Waals surface area contributed by atoms with Gasteiger partial charge in [0.1, 0.15) is 5.82 Å². The highest BCUT2D eigenvalue weighted by Crippen LogP contribution is 2.19. The lowest BCUT2D eigenvalue weighted by atomic mass is 9.96. The molecule has 0 bridgehead atoms. The zero-order chi connectivity index (χ0) is 16.9. The van der Waals surface area contributed by atoms with E-state index in [2.05, 4.69) is 9.88 Å². The van der Waals surface area contributed by atoms with Crippen LogP contribution >= 0.6 is 0 Å². The van der Waals surface area contributed by atoms with Crippen molar-refractivity contribution in [3.63, 3.8) is 0 Å². The number of aryl methyl sites for hydroxylation is 1. The van der Waals surface area contributed by atoms with Gasteiger partial charge in [-0.25, -0.2) is 4.98 Å². The number of hydrogen-bond donors (Lipinski definition) is 0. The van der Waals surface area contributed by atoms with Crippen molar-refractivity contribution in [1.29, 1.82) is 0 Å². The van der Waals surface area contributed by atoms with Crippen LogP contribution in [0.2, 0.25) is 0 Å². The topological polar surface area (TPSA) is 47.4 Å². The van der Waals surface area contributed by atoms with Crippen molar-refractivity contribution in [2.24, 2.45) is 5.92 Å². The number of ether oxygens (including phenoxy) is 1. The molecular formula is C19H27N3O2. The number of benzene rings is 1. The van der Waals surface area contributed by atoms with Gasteiger partial charge >= 0.3 is 0 Å². The molecule has 2 heterocycles. The van der Waals surface area contributed by atoms with Crippen LogP contribution in [0.4, 0.5) is 0 Å².